The van der Waals surface area contributed by atoms with Crippen molar-refractivity contribution in [3.8, 4) is 16.9 Å². The van der Waals surface area contributed by atoms with E-state index < -0.39 is 13.1 Å². The van der Waals surface area contributed by atoms with Crippen molar-refractivity contribution in [1.82, 2.24) is 0 Å². The van der Waals surface area contributed by atoms with Crippen molar-refractivity contribution in [2.45, 2.75) is 6.92 Å². The Balaban J connectivity index is 2.52. The number of hydrogen-bond acceptors (Lipinski definition) is 3. The van der Waals surface area contributed by atoms with Gasteiger partial charge in [-0.2, -0.15) is 0 Å². The van der Waals surface area contributed by atoms with E-state index in [4.69, 9.17) is 5.11 Å². The van der Waals surface area contributed by atoms with E-state index in [1.165, 1.54) is 12.1 Å². The van der Waals surface area contributed by atoms with Gasteiger partial charge in [-0.3, -0.25) is 0 Å². The van der Waals surface area contributed by atoms with E-state index in [2.05, 4.69) is 0 Å². The van der Waals surface area contributed by atoms with E-state index >= 15 is 0 Å². The van der Waals surface area contributed by atoms with E-state index in [-0.39, 0.29) is 11.3 Å². The lowest BCUT2D eigenvalue weighted by atomic mass is 9.99. The zero-order valence-electron chi connectivity index (χ0n) is 12.1. The van der Waals surface area contributed by atoms with Crippen molar-refractivity contribution >= 4 is 18.4 Å². The summed E-state index contributed by atoms with van der Waals surface area (Å²) in [5.41, 5.74) is 1.80. The molecule has 21 heavy (non-hydrogen) atoms. The first kappa shape index (κ1) is 15.3. The minimum absolute atomic E-state index is 0.0503. The molecule has 0 aliphatic heterocycles. The molecule has 0 unspecified atom stereocenters. The standard InChI is InChI=1S/C16H17O4P/c1-10-14(16(18)19)8-12(9-15(10)17)11-4-6-13(7-5-11)21(2,3)20/h4-9,17H,1-3H3,(H,18,19). The summed E-state index contributed by atoms with van der Waals surface area (Å²) in [6.07, 6.45) is 0. The second-order valence-corrected chi connectivity index (χ2v) is 8.59. The fourth-order valence-electron chi connectivity index (χ4n) is 2.10. The first-order chi connectivity index (χ1) is 9.70. The zero-order chi connectivity index (χ0) is 15.8. The average molecular weight is 304 g/mol. The third-order valence-electron chi connectivity index (χ3n) is 3.43. The summed E-state index contributed by atoms with van der Waals surface area (Å²) in [5.74, 6) is -1.13. The van der Waals surface area contributed by atoms with E-state index in [1.807, 2.05) is 0 Å². The molecule has 0 atom stereocenters. The molecule has 0 saturated heterocycles. The van der Waals surface area contributed by atoms with Crippen molar-refractivity contribution < 1.29 is 19.6 Å². The molecule has 0 aromatic heterocycles. The normalized spacial score (nSPS) is 11.4. The maximum absolute atomic E-state index is 12.0. The molecule has 2 N–H and O–H groups in total. The molecule has 0 aliphatic carbocycles. The summed E-state index contributed by atoms with van der Waals surface area (Å²) in [4.78, 5) is 11.2. The van der Waals surface area contributed by atoms with Gasteiger partial charge >= 0.3 is 5.97 Å². The van der Waals surface area contributed by atoms with Gasteiger partial charge in [0.05, 0.1) is 5.56 Å². The maximum atomic E-state index is 12.0. The van der Waals surface area contributed by atoms with Gasteiger partial charge in [-0.15, -0.1) is 0 Å². The number of benzene rings is 2. The summed E-state index contributed by atoms with van der Waals surface area (Å²) in [7, 11) is -2.32. The van der Waals surface area contributed by atoms with Gasteiger partial charge in [0.15, 0.2) is 0 Å². The molecule has 0 aliphatic rings. The number of phenolic OH excluding ortho intramolecular Hbond substituents is 1. The fourth-order valence-corrected chi connectivity index (χ4v) is 2.97. The van der Waals surface area contributed by atoms with Gasteiger partial charge in [0.1, 0.15) is 12.9 Å². The molecule has 2 aromatic rings. The van der Waals surface area contributed by atoms with Crippen LogP contribution < -0.4 is 5.30 Å². The number of carbonyl (C=O) groups is 1. The molecule has 0 fully saturated rings. The van der Waals surface area contributed by atoms with Crippen LogP contribution in [0.25, 0.3) is 11.1 Å². The minimum atomic E-state index is -2.32. The van der Waals surface area contributed by atoms with Crippen molar-refractivity contribution in [2.75, 3.05) is 13.3 Å². The molecule has 0 heterocycles. The molecule has 2 rings (SSSR count). The Labute approximate surface area is 123 Å². The van der Waals surface area contributed by atoms with Gasteiger partial charge < -0.3 is 14.8 Å². The van der Waals surface area contributed by atoms with E-state index in [0.29, 0.717) is 11.1 Å². The Kier molecular flexibility index (Phi) is 3.93. The van der Waals surface area contributed by atoms with Crippen LogP contribution in [0.2, 0.25) is 0 Å². The molecule has 2 aromatic carbocycles. The Hall–Kier alpha value is -2.06. The second kappa shape index (κ2) is 5.38. The van der Waals surface area contributed by atoms with Crippen molar-refractivity contribution in [3.63, 3.8) is 0 Å². The summed E-state index contributed by atoms with van der Waals surface area (Å²) < 4.78 is 12.0. The Morgan fingerprint density at radius 2 is 1.62 bits per heavy atom. The molecular weight excluding hydrogens is 287 g/mol. The number of carboxylic acids is 1. The number of aromatic hydroxyl groups is 1. The van der Waals surface area contributed by atoms with Crippen molar-refractivity contribution in [1.29, 1.82) is 0 Å². The predicted octanol–water partition coefficient (Wildman–Crippen LogP) is 3.31. The van der Waals surface area contributed by atoms with Crippen LogP contribution in [0.5, 0.6) is 5.75 Å². The Morgan fingerprint density at radius 1 is 1.05 bits per heavy atom. The molecule has 4 nitrogen and oxygen atoms in total. The fraction of sp³-hybridized carbons (Fsp3) is 0.188. The molecular formula is C16H17O4P. The molecule has 0 spiro atoms. The highest BCUT2D eigenvalue weighted by Gasteiger charge is 2.14. The maximum Gasteiger partial charge on any atom is 0.336 e. The SMILES string of the molecule is Cc1c(O)cc(-c2ccc(P(C)(C)=O)cc2)cc1C(=O)O. The summed E-state index contributed by atoms with van der Waals surface area (Å²) >= 11 is 0. The lowest BCUT2D eigenvalue weighted by Gasteiger charge is -2.10. The van der Waals surface area contributed by atoms with Crippen LogP contribution in [-0.4, -0.2) is 29.5 Å². The average Bonchev–Trinajstić information content (AvgIpc) is 2.40. The molecule has 5 heteroatoms. The largest absolute Gasteiger partial charge is 0.508 e. The highest BCUT2D eigenvalue weighted by molar-refractivity contribution is 7.70. The predicted molar refractivity (Wildman–Crippen MR) is 84.3 cm³/mol. The van der Waals surface area contributed by atoms with Crippen LogP contribution in [0.15, 0.2) is 36.4 Å². The van der Waals surface area contributed by atoms with Crippen LogP contribution in [0.3, 0.4) is 0 Å². The monoisotopic (exact) mass is 304 g/mol. The lowest BCUT2D eigenvalue weighted by molar-refractivity contribution is 0.0695. The molecule has 0 radical (unpaired) electrons. The number of phenols is 1. The van der Waals surface area contributed by atoms with E-state index in [0.717, 1.165) is 10.9 Å². The van der Waals surface area contributed by atoms with Crippen LogP contribution >= 0.6 is 7.14 Å². The van der Waals surface area contributed by atoms with Crippen LogP contribution in [0, 0.1) is 6.92 Å². The number of carboxylic acid groups (broad SMARTS) is 1. The highest BCUT2D eigenvalue weighted by atomic mass is 31.2. The molecule has 0 bridgehead atoms. The number of rotatable bonds is 3. The topological polar surface area (TPSA) is 74.6 Å². The van der Waals surface area contributed by atoms with Gasteiger partial charge in [-0.25, -0.2) is 4.79 Å². The van der Waals surface area contributed by atoms with Crippen LogP contribution in [-0.2, 0) is 4.57 Å². The first-order valence-electron chi connectivity index (χ1n) is 6.43. The minimum Gasteiger partial charge on any atom is -0.508 e. The summed E-state index contributed by atoms with van der Waals surface area (Å²) in [5, 5.41) is 19.8. The second-order valence-electron chi connectivity index (χ2n) is 5.37. The quantitative estimate of drug-likeness (QED) is 0.853. The van der Waals surface area contributed by atoms with Gasteiger partial charge in [0.2, 0.25) is 0 Å². The molecule has 110 valence electrons. The Morgan fingerprint density at radius 3 is 2.10 bits per heavy atom. The van der Waals surface area contributed by atoms with Gasteiger partial charge in [0.25, 0.3) is 0 Å². The Bertz CT molecular complexity index is 742. The summed E-state index contributed by atoms with van der Waals surface area (Å²) in [6.45, 7) is 4.96. The van der Waals surface area contributed by atoms with E-state index in [1.54, 1.807) is 44.5 Å². The van der Waals surface area contributed by atoms with Crippen molar-refractivity contribution in [3.05, 3.63) is 47.5 Å². The number of hydrogen-bond donors (Lipinski definition) is 2. The summed E-state index contributed by atoms with van der Waals surface area (Å²) in [6, 6.07) is 10.2. The smallest absolute Gasteiger partial charge is 0.336 e. The van der Waals surface area contributed by atoms with E-state index in [9.17, 15) is 14.5 Å². The van der Waals surface area contributed by atoms with Gasteiger partial charge in [-0.05, 0) is 43.5 Å². The van der Waals surface area contributed by atoms with Crippen LogP contribution in [0.4, 0.5) is 0 Å². The van der Waals surface area contributed by atoms with Crippen molar-refractivity contribution in [2.24, 2.45) is 0 Å². The van der Waals surface area contributed by atoms with Gasteiger partial charge in [0, 0.05) is 10.9 Å². The lowest BCUT2D eigenvalue weighted by Crippen LogP contribution is -2.02. The molecule has 0 amide bonds. The highest BCUT2D eigenvalue weighted by Crippen LogP contribution is 2.35. The zero-order valence-corrected chi connectivity index (χ0v) is 13.0. The third-order valence-corrected chi connectivity index (χ3v) is 4.97. The first-order valence-corrected chi connectivity index (χ1v) is 9.03. The van der Waals surface area contributed by atoms with Crippen LogP contribution in [0.1, 0.15) is 15.9 Å². The molecule has 0 saturated carbocycles. The van der Waals surface area contributed by atoms with Gasteiger partial charge in [-0.1, -0.05) is 24.3 Å². The third kappa shape index (κ3) is 3.17. The number of aromatic carboxylic acids is 1.